The first-order valence-electron chi connectivity index (χ1n) is 7.64. The van der Waals surface area contributed by atoms with Crippen LogP contribution in [0, 0.1) is 13.8 Å². The van der Waals surface area contributed by atoms with E-state index in [4.69, 9.17) is 9.05 Å². The largest absolute Gasteiger partial charge is 0.379 e. The zero-order valence-electron chi connectivity index (χ0n) is 14.0. The standard InChI is InChI=1S/C14H20N4O5S/c1-8(2)12-15-13(23-17-12)14(19)5-6-18(7-14)24(20,21)11-9(3)16-22-10(11)4/h8,19H,5-7H2,1-4H3/t14-/m1/s1. The van der Waals surface area contributed by atoms with E-state index in [9.17, 15) is 13.5 Å². The third kappa shape index (κ3) is 2.64. The molecule has 0 amide bonds. The van der Waals surface area contributed by atoms with Gasteiger partial charge in [0.05, 0.1) is 6.54 Å². The molecule has 2 aromatic rings. The third-order valence-corrected chi connectivity index (χ3v) is 6.22. The minimum Gasteiger partial charge on any atom is -0.379 e. The van der Waals surface area contributed by atoms with Crippen LogP contribution in [0.5, 0.6) is 0 Å². The first kappa shape index (κ1) is 17.1. The van der Waals surface area contributed by atoms with Crippen LogP contribution in [0.4, 0.5) is 0 Å². The quantitative estimate of drug-likeness (QED) is 0.863. The number of aromatic nitrogens is 3. The lowest BCUT2D eigenvalue weighted by atomic mass is 10.0. The van der Waals surface area contributed by atoms with E-state index in [-0.39, 0.29) is 42.0 Å². The van der Waals surface area contributed by atoms with Gasteiger partial charge in [-0.15, -0.1) is 0 Å². The molecular formula is C14H20N4O5S. The fraction of sp³-hybridized carbons (Fsp3) is 0.643. The van der Waals surface area contributed by atoms with Crippen LogP contribution in [0.2, 0.25) is 0 Å². The van der Waals surface area contributed by atoms with Crippen molar-refractivity contribution in [3.63, 3.8) is 0 Å². The molecule has 1 fully saturated rings. The molecule has 0 bridgehead atoms. The zero-order chi connectivity index (χ0) is 17.7. The Kier molecular flexibility index (Phi) is 4.01. The number of aryl methyl sites for hydroxylation is 2. The molecule has 3 heterocycles. The average Bonchev–Trinajstić information content (AvgIpc) is 3.18. The van der Waals surface area contributed by atoms with Crippen LogP contribution in [0.1, 0.15) is 49.4 Å². The minimum atomic E-state index is -3.82. The summed E-state index contributed by atoms with van der Waals surface area (Å²) in [5.41, 5.74) is -1.20. The van der Waals surface area contributed by atoms with Crippen molar-refractivity contribution in [3.8, 4) is 0 Å². The number of nitrogens with zero attached hydrogens (tertiary/aromatic N) is 4. The highest BCUT2D eigenvalue weighted by Crippen LogP contribution is 2.35. The molecule has 1 N–H and O–H groups in total. The van der Waals surface area contributed by atoms with Gasteiger partial charge in [-0.2, -0.15) is 9.29 Å². The molecule has 0 saturated carbocycles. The third-order valence-electron chi connectivity index (χ3n) is 4.13. The maximum atomic E-state index is 12.8. The molecule has 0 aromatic carbocycles. The molecule has 3 rings (SSSR count). The number of aliphatic hydroxyl groups is 1. The molecule has 10 heteroatoms. The maximum absolute atomic E-state index is 12.8. The minimum absolute atomic E-state index is 0.0418. The lowest BCUT2D eigenvalue weighted by Gasteiger charge is -2.19. The molecule has 0 radical (unpaired) electrons. The van der Waals surface area contributed by atoms with Crippen molar-refractivity contribution in [2.24, 2.45) is 0 Å². The monoisotopic (exact) mass is 356 g/mol. The first-order valence-corrected chi connectivity index (χ1v) is 9.08. The maximum Gasteiger partial charge on any atom is 0.260 e. The molecule has 1 aliphatic heterocycles. The van der Waals surface area contributed by atoms with Gasteiger partial charge < -0.3 is 14.2 Å². The van der Waals surface area contributed by atoms with E-state index in [0.29, 0.717) is 11.5 Å². The Bertz CT molecular complexity index is 837. The number of rotatable bonds is 4. The van der Waals surface area contributed by atoms with Gasteiger partial charge in [0.2, 0.25) is 10.0 Å². The van der Waals surface area contributed by atoms with E-state index in [1.165, 1.54) is 4.31 Å². The fourth-order valence-corrected chi connectivity index (χ4v) is 4.55. The van der Waals surface area contributed by atoms with Gasteiger partial charge in [-0.1, -0.05) is 24.2 Å². The van der Waals surface area contributed by atoms with Gasteiger partial charge in [0, 0.05) is 18.9 Å². The van der Waals surface area contributed by atoms with Gasteiger partial charge in [0.15, 0.2) is 17.2 Å². The molecule has 0 spiro atoms. The fourth-order valence-electron chi connectivity index (χ4n) is 2.77. The number of hydrogen-bond acceptors (Lipinski definition) is 8. The second kappa shape index (κ2) is 5.64. The van der Waals surface area contributed by atoms with E-state index in [2.05, 4.69) is 15.3 Å². The normalized spacial score (nSPS) is 22.6. The van der Waals surface area contributed by atoms with Crippen molar-refractivity contribution in [2.75, 3.05) is 13.1 Å². The van der Waals surface area contributed by atoms with E-state index in [1.54, 1.807) is 13.8 Å². The number of hydrogen-bond donors (Lipinski definition) is 1. The van der Waals surface area contributed by atoms with Crippen LogP contribution in [0.15, 0.2) is 13.9 Å². The van der Waals surface area contributed by atoms with Crippen LogP contribution >= 0.6 is 0 Å². The SMILES string of the molecule is Cc1noc(C)c1S(=O)(=O)N1CC[C@](O)(c2nc(C(C)C)no2)C1. The Hall–Kier alpha value is -1.78. The summed E-state index contributed by atoms with van der Waals surface area (Å²) in [5.74, 6) is 0.797. The Morgan fingerprint density at radius 2 is 1.96 bits per heavy atom. The van der Waals surface area contributed by atoms with Crippen LogP contribution in [-0.4, -0.2) is 46.2 Å². The molecule has 0 aliphatic carbocycles. The lowest BCUT2D eigenvalue weighted by molar-refractivity contribution is 0.0194. The summed E-state index contributed by atoms with van der Waals surface area (Å²) in [7, 11) is -3.82. The molecule has 1 saturated heterocycles. The van der Waals surface area contributed by atoms with Gasteiger partial charge in [0.1, 0.15) is 10.6 Å². The van der Waals surface area contributed by atoms with E-state index in [1.807, 2.05) is 13.8 Å². The summed E-state index contributed by atoms with van der Waals surface area (Å²) >= 11 is 0. The van der Waals surface area contributed by atoms with Crippen molar-refractivity contribution in [1.29, 1.82) is 0 Å². The second-order valence-corrected chi connectivity index (χ2v) is 8.26. The van der Waals surface area contributed by atoms with Crippen molar-refractivity contribution < 1.29 is 22.6 Å². The van der Waals surface area contributed by atoms with Gasteiger partial charge in [-0.3, -0.25) is 0 Å². The van der Waals surface area contributed by atoms with Gasteiger partial charge >= 0.3 is 0 Å². The predicted octanol–water partition coefficient (Wildman–Crippen LogP) is 1.08. The Morgan fingerprint density at radius 3 is 2.50 bits per heavy atom. The summed E-state index contributed by atoms with van der Waals surface area (Å²) in [6, 6.07) is 0. The molecule has 1 atom stereocenters. The van der Waals surface area contributed by atoms with Gasteiger partial charge in [-0.05, 0) is 13.8 Å². The smallest absolute Gasteiger partial charge is 0.260 e. The average molecular weight is 356 g/mol. The Labute approximate surface area is 139 Å². The number of β-amino-alcohol motifs (C(OH)–C–C–N with tert-alkyl or cyclic N) is 1. The van der Waals surface area contributed by atoms with Crippen LogP contribution in [-0.2, 0) is 15.6 Å². The topological polar surface area (TPSA) is 123 Å². The molecular weight excluding hydrogens is 336 g/mol. The highest BCUT2D eigenvalue weighted by molar-refractivity contribution is 7.89. The summed E-state index contributed by atoms with van der Waals surface area (Å²) in [6.45, 7) is 6.91. The molecule has 0 unspecified atom stereocenters. The zero-order valence-corrected chi connectivity index (χ0v) is 14.8. The van der Waals surface area contributed by atoms with Crippen molar-refractivity contribution >= 4 is 10.0 Å². The van der Waals surface area contributed by atoms with Crippen LogP contribution < -0.4 is 0 Å². The summed E-state index contributed by atoms with van der Waals surface area (Å²) in [4.78, 5) is 4.24. The highest BCUT2D eigenvalue weighted by atomic mass is 32.2. The van der Waals surface area contributed by atoms with Crippen molar-refractivity contribution in [1.82, 2.24) is 19.6 Å². The predicted molar refractivity (Wildman–Crippen MR) is 81.6 cm³/mol. The van der Waals surface area contributed by atoms with Gasteiger partial charge in [0.25, 0.3) is 5.89 Å². The molecule has 24 heavy (non-hydrogen) atoms. The van der Waals surface area contributed by atoms with E-state index >= 15 is 0 Å². The van der Waals surface area contributed by atoms with Crippen LogP contribution in [0.25, 0.3) is 0 Å². The van der Waals surface area contributed by atoms with Crippen molar-refractivity contribution in [2.45, 2.75) is 50.5 Å². The van der Waals surface area contributed by atoms with Crippen molar-refractivity contribution in [3.05, 3.63) is 23.2 Å². The van der Waals surface area contributed by atoms with Crippen LogP contribution in [0.3, 0.4) is 0 Å². The second-order valence-electron chi connectivity index (χ2n) is 6.39. The Balaban J connectivity index is 1.89. The summed E-state index contributed by atoms with van der Waals surface area (Å²) in [6.07, 6.45) is 0.176. The molecule has 1 aliphatic rings. The Morgan fingerprint density at radius 1 is 1.25 bits per heavy atom. The first-order chi connectivity index (χ1) is 11.1. The van der Waals surface area contributed by atoms with E-state index in [0.717, 1.165) is 0 Å². The molecule has 2 aromatic heterocycles. The molecule has 9 nitrogen and oxygen atoms in total. The van der Waals surface area contributed by atoms with E-state index < -0.39 is 15.6 Å². The molecule has 132 valence electrons. The lowest BCUT2D eigenvalue weighted by Crippen LogP contribution is -2.35. The van der Waals surface area contributed by atoms with Gasteiger partial charge in [-0.25, -0.2) is 8.42 Å². The summed E-state index contributed by atoms with van der Waals surface area (Å²) < 4.78 is 36.9. The number of sulfonamides is 1. The summed E-state index contributed by atoms with van der Waals surface area (Å²) in [5, 5.41) is 18.3. The highest BCUT2D eigenvalue weighted by Gasteiger charge is 2.47.